The first kappa shape index (κ1) is 15.8. The van der Waals surface area contributed by atoms with E-state index in [0.717, 1.165) is 35.3 Å². The Balaban J connectivity index is 1.38. The topological polar surface area (TPSA) is 65.1 Å². The minimum atomic E-state index is 0.0453. The Labute approximate surface area is 156 Å². The molecule has 0 saturated carbocycles. The third kappa shape index (κ3) is 2.79. The average Bonchev–Trinajstić information content (AvgIpc) is 3.19. The molecule has 0 spiro atoms. The van der Waals surface area contributed by atoms with Crippen LogP contribution < -0.4 is 4.90 Å². The van der Waals surface area contributed by atoms with Crippen LogP contribution in [0.2, 0.25) is 0 Å². The number of aromatic amines is 1. The number of rotatable bonds is 2. The summed E-state index contributed by atoms with van der Waals surface area (Å²) in [6.07, 6.45) is 3.49. The van der Waals surface area contributed by atoms with Crippen molar-refractivity contribution in [1.29, 1.82) is 0 Å². The Morgan fingerprint density at radius 1 is 0.889 bits per heavy atom. The lowest BCUT2D eigenvalue weighted by atomic mass is 10.1. The second kappa shape index (κ2) is 6.39. The molecule has 0 radical (unpaired) electrons. The fourth-order valence-corrected chi connectivity index (χ4v) is 3.74. The molecule has 134 valence electrons. The zero-order valence-electron chi connectivity index (χ0n) is 14.8. The number of aromatic nitrogens is 3. The van der Waals surface area contributed by atoms with E-state index in [-0.39, 0.29) is 5.91 Å². The number of amides is 1. The second-order valence-corrected chi connectivity index (χ2v) is 6.76. The number of carbonyl (C=O) groups is 1. The number of anilines is 1. The fraction of sp³-hybridized carbons (Fsp3) is 0.190. The zero-order chi connectivity index (χ0) is 18.2. The number of H-pyrrole nitrogens is 1. The van der Waals surface area contributed by atoms with Crippen molar-refractivity contribution in [2.75, 3.05) is 31.1 Å². The van der Waals surface area contributed by atoms with Crippen molar-refractivity contribution in [2.45, 2.75) is 0 Å². The highest BCUT2D eigenvalue weighted by molar-refractivity contribution is 6.09. The number of hydrogen-bond donors (Lipinski definition) is 1. The Bertz CT molecular complexity index is 1110. The summed E-state index contributed by atoms with van der Waals surface area (Å²) in [5, 5.41) is 3.43. The minimum Gasteiger partial charge on any atom is -0.351 e. The summed E-state index contributed by atoms with van der Waals surface area (Å²) in [6, 6.07) is 16.2. The average molecular weight is 357 g/mol. The molecule has 4 aromatic rings. The number of benzene rings is 2. The summed E-state index contributed by atoms with van der Waals surface area (Å²) < 4.78 is 0. The highest BCUT2D eigenvalue weighted by Crippen LogP contribution is 2.26. The Morgan fingerprint density at radius 2 is 1.67 bits per heavy atom. The first-order chi connectivity index (χ1) is 13.3. The van der Waals surface area contributed by atoms with Crippen LogP contribution in [0.4, 0.5) is 5.95 Å². The molecular weight excluding hydrogens is 338 g/mol. The van der Waals surface area contributed by atoms with Gasteiger partial charge in [-0.25, -0.2) is 9.97 Å². The maximum absolute atomic E-state index is 13.0. The third-order valence-corrected chi connectivity index (χ3v) is 5.16. The van der Waals surface area contributed by atoms with Gasteiger partial charge in [-0.1, -0.05) is 30.3 Å². The van der Waals surface area contributed by atoms with Gasteiger partial charge in [-0.2, -0.15) is 0 Å². The maximum atomic E-state index is 13.0. The smallest absolute Gasteiger partial charge is 0.270 e. The Hall–Kier alpha value is -3.41. The van der Waals surface area contributed by atoms with Gasteiger partial charge in [0.15, 0.2) is 0 Å². The van der Waals surface area contributed by atoms with E-state index in [1.807, 2.05) is 35.2 Å². The van der Waals surface area contributed by atoms with Crippen LogP contribution in [0, 0.1) is 0 Å². The van der Waals surface area contributed by atoms with E-state index in [0.29, 0.717) is 18.8 Å². The molecule has 1 N–H and O–H groups in total. The highest BCUT2D eigenvalue weighted by atomic mass is 16.2. The van der Waals surface area contributed by atoms with E-state index >= 15 is 0 Å². The quantitative estimate of drug-likeness (QED) is 0.599. The van der Waals surface area contributed by atoms with Gasteiger partial charge in [-0.05, 0) is 29.0 Å². The van der Waals surface area contributed by atoms with Gasteiger partial charge >= 0.3 is 0 Å². The van der Waals surface area contributed by atoms with E-state index in [9.17, 15) is 4.79 Å². The number of nitrogens with one attached hydrogen (secondary N) is 1. The van der Waals surface area contributed by atoms with Gasteiger partial charge in [-0.15, -0.1) is 0 Å². The summed E-state index contributed by atoms with van der Waals surface area (Å²) in [5.41, 5.74) is 1.64. The molecule has 2 aromatic heterocycles. The summed E-state index contributed by atoms with van der Waals surface area (Å²) in [5.74, 6) is 0.769. The molecule has 0 bridgehead atoms. The predicted molar refractivity (Wildman–Crippen MR) is 106 cm³/mol. The van der Waals surface area contributed by atoms with Crippen molar-refractivity contribution in [2.24, 2.45) is 0 Å². The molecular formula is C21H19N5O. The minimum absolute atomic E-state index is 0.0453. The van der Waals surface area contributed by atoms with Gasteiger partial charge in [0.05, 0.1) is 0 Å². The Morgan fingerprint density at radius 3 is 2.48 bits per heavy atom. The van der Waals surface area contributed by atoms with Crippen LogP contribution in [0.5, 0.6) is 0 Å². The second-order valence-electron chi connectivity index (χ2n) is 6.76. The van der Waals surface area contributed by atoms with Crippen LogP contribution in [0.25, 0.3) is 21.7 Å². The fourth-order valence-electron chi connectivity index (χ4n) is 3.74. The van der Waals surface area contributed by atoms with Crippen molar-refractivity contribution in [3.63, 3.8) is 0 Å². The summed E-state index contributed by atoms with van der Waals surface area (Å²) in [6.45, 7) is 2.79. The normalized spacial score (nSPS) is 14.8. The van der Waals surface area contributed by atoms with Crippen LogP contribution in [-0.4, -0.2) is 51.9 Å². The number of hydrogen-bond acceptors (Lipinski definition) is 4. The van der Waals surface area contributed by atoms with Crippen molar-refractivity contribution in [3.8, 4) is 0 Å². The molecule has 6 heteroatoms. The van der Waals surface area contributed by atoms with Gasteiger partial charge in [-0.3, -0.25) is 4.79 Å². The molecule has 2 aromatic carbocycles. The first-order valence-corrected chi connectivity index (χ1v) is 9.11. The number of fused-ring (bicyclic) bond motifs is 3. The largest absolute Gasteiger partial charge is 0.351 e. The van der Waals surface area contributed by atoms with Gasteiger partial charge in [0.2, 0.25) is 5.95 Å². The Kier molecular flexibility index (Phi) is 3.74. The van der Waals surface area contributed by atoms with Crippen LogP contribution in [-0.2, 0) is 0 Å². The van der Waals surface area contributed by atoms with Crippen molar-refractivity contribution in [3.05, 3.63) is 66.6 Å². The van der Waals surface area contributed by atoms with Crippen molar-refractivity contribution in [1.82, 2.24) is 19.9 Å². The summed E-state index contributed by atoms with van der Waals surface area (Å²) >= 11 is 0. The van der Waals surface area contributed by atoms with Gasteiger partial charge < -0.3 is 14.8 Å². The standard InChI is InChI=1S/C21H19N5O/c27-20(25-10-12-26(13-11-25)21-22-8-3-9-23-21)19-14-17-16-5-2-1-4-15(16)6-7-18(17)24-19/h1-9,14,24H,10-13H2. The zero-order valence-corrected chi connectivity index (χ0v) is 14.8. The number of carbonyl (C=O) groups excluding carboxylic acids is 1. The van der Waals surface area contributed by atoms with Gasteiger partial charge in [0.1, 0.15) is 5.69 Å². The SMILES string of the molecule is O=C(c1cc2c(ccc3ccccc32)[nH]1)N1CCN(c2ncccn2)CC1. The van der Waals surface area contributed by atoms with Gasteiger partial charge in [0, 0.05) is 49.5 Å². The molecule has 1 amide bonds. The number of nitrogens with zero attached hydrogens (tertiary/aromatic N) is 4. The van der Waals surface area contributed by atoms with Crippen LogP contribution in [0.15, 0.2) is 60.9 Å². The molecule has 1 fully saturated rings. The maximum Gasteiger partial charge on any atom is 0.270 e. The third-order valence-electron chi connectivity index (χ3n) is 5.16. The molecule has 27 heavy (non-hydrogen) atoms. The van der Waals surface area contributed by atoms with E-state index in [1.54, 1.807) is 12.4 Å². The number of piperazine rings is 1. The van der Waals surface area contributed by atoms with E-state index in [1.165, 1.54) is 5.39 Å². The predicted octanol–water partition coefficient (Wildman–Crippen LogP) is 3.07. The molecule has 0 atom stereocenters. The van der Waals surface area contributed by atoms with E-state index in [2.05, 4.69) is 38.1 Å². The molecule has 3 heterocycles. The molecule has 1 aliphatic rings. The van der Waals surface area contributed by atoms with E-state index < -0.39 is 0 Å². The van der Waals surface area contributed by atoms with Crippen LogP contribution >= 0.6 is 0 Å². The monoisotopic (exact) mass is 357 g/mol. The lowest BCUT2D eigenvalue weighted by Crippen LogP contribution is -2.49. The van der Waals surface area contributed by atoms with Crippen molar-refractivity contribution >= 4 is 33.5 Å². The molecule has 6 nitrogen and oxygen atoms in total. The van der Waals surface area contributed by atoms with E-state index in [4.69, 9.17) is 0 Å². The summed E-state index contributed by atoms with van der Waals surface area (Å²) in [4.78, 5) is 28.9. The molecule has 1 saturated heterocycles. The molecule has 1 aliphatic heterocycles. The van der Waals surface area contributed by atoms with Crippen LogP contribution in [0.1, 0.15) is 10.5 Å². The van der Waals surface area contributed by atoms with Crippen LogP contribution in [0.3, 0.4) is 0 Å². The van der Waals surface area contributed by atoms with Crippen molar-refractivity contribution < 1.29 is 4.79 Å². The highest BCUT2D eigenvalue weighted by Gasteiger charge is 2.24. The van der Waals surface area contributed by atoms with Gasteiger partial charge in [0.25, 0.3) is 5.91 Å². The summed E-state index contributed by atoms with van der Waals surface area (Å²) in [7, 11) is 0. The lowest BCUT2D eigenvalue weighted by Gasteiger charge is -2.34. The lowest BCUT2D eigenvalue weighted by molar-refractivity contribution is 0.0741. The molecule has 0 aliphatic carbocycles. The molecule has 0 unspecified atom stereocenters. The molecule has 5 rings (SSSR count). The first-order valence-electron chi connectivity index (χ1n) is 9.11.